The van der Waals surface area contributed by atoms with E-state index in [1.807, 2.05) is 28.8 Å². The molecule has 0 saturated heterocycles. The Labute approximate surface area is 89.9 Å². The molecule has 0 saturated carbocycles. The Morgan fingerprint density at radius 2 is 2.29 bits per heavy atom. The minimum Gasteiger partial charge on any atom is -0.324 e. The van der Waals surface area contributed by atoms with Crippen LogP contribution in [0.25, 0.3) is 5.69 Å². The second-order valence-corrected chi connectivity index (χ2v) is 3.72. The van der Waals surface area contributed by atoms with Gasteiger partial charge in [0, 0.05) is 10.2 Å². The number of rotatable bonds is 2. The van der Waals surface area contributed by atoms with Crippen LogP contribution in [-0.2, 0) is 6.54 Å². The molecule has 0 aliphatic rings. The van der Waals surface area contributed by atoms with Crippen LogP contribution in [0, 0.1) is 0 Å². The molecule has 0 aliphatic carbocycles. The summed E-state index contributed by atoms with van der Waals surface area (Å²) in [6.07, 6.45) is 1.66. The number of hydrogen-bond donors (Lipinski definition) is 1. The van der Waals surface area contributed by atoms with Crippen LogP contribution in [0.4, 0.5) is 0 Å². The fourth-order valence-corrected chi connectivity index (χ4v) is 1.63. The van der Waals surface area contributed by atoms with Gasteiger partial charge in [0.1, 0.15) is 6.33 Å². The highest BCUT2D eigenvalue weighted by Crippen LogP contribution is 2.15. The summed E-state index contributed by atoms with van der Waals surface area (Å²) in [5.41, 5.74) is 6.54. The fraction of sp³-hybridized carbons (Fsp3) is 0.111. The van der Waals surface area contributed by atoms with E-state index in [0.29, 0.717) is 6.54 Å². The second kappa shape index (κ2) is 3.89. The molecule has 2 aromatic rings. The third-order valence-corrected chi connectivity index (χ3v) is 2.38. The fourth-order valence-electron chi connectivity index (χ4n) is 1.24. The molecule has 0 atom stereocenters. The SMILES string of the molecule is NCc1nncn1-c1cccc(Br)c1. The van der Waals surface area contributed by atoms with Crippen molar-refractivity contribution in [2.24, 2.45) is 5.73 Å². The zero-order valence-electron chi connectivity index (χ0n) is 7.39. The molecule has 0 spiro atoms. The van der Waals surface area contributed by atoms with Gasteiger partial charge in [0.05, 0.1) is 6.54 Å². The monoisotopic (exact) mass is 252 g/mol. The van der Waals surface area contributed by atoms with Crippen molar-refractivity contribution >= 4 is 15.9 Å². The Kier molecular flexibility index (Phi) is 2.60. The van der Waals surface area contributed by atoms with Crippen LogP contribution in [0.1, 0.15) is 5.82 Å². The lowest BCUT2D eigenvalue weighted by molar-refractivity contribution is 0.859. The van der Waals surface area contributed by atoms with Gasteiger partial charge in [0.25, 0.3) is 0 Å². The molecule has 0 unspecified atom stereocenters. The number of aromatic nitrogens is 3. The van der Waals surface area contributed by atoms with E-state index in [2.05, 4.69) is 26.1 Å². The van der Waals surface area contributed by atoms with E-state index in [9.17, 15) is 0 Å². The van der Waals surface area contributed by atoms with Crippen molar-refractivity contribution in [2.75, 3.05) is 0 Å². The van der Waals surface area contributed by atoms with Crippen LogP contribution in [0.15, 0.2) is 35.1 Å². The molecule has 1 heterocycles. The van der Waals surface area contributed by atoms with Crippen molar-refractivity contribution in [3.8, 4) is 5.69 Å². The summed E-state index contributed by atoms with van der Waals surface area (Å²) in [5.74, 6) is 0.753. The smallest absolute Gasteiger partial charge is 0.151 e. The molecule has 0 aliphatic heterocycles. The molecule has 1 aromatic heterocycles. The number of nitrogens with zero attached hydrogens (tertiary/aromatic N) is 3. The molecule has 0 bridgehead atoms. The standard InChI is InChI=1S/C9H9BrN4/c10-7-2-1-3-8(4-7)14-6-12-13-9(14)5-11/h1-4,6H,5,11H2. The van der Waals surface area contributed by atoms with Crippen LogP contribution in [0.2, 0.25) is 0 Å². The lowest BCUT2D eigenvalue weighted by atomic mass is 10.3. The highest BCUT2D eigenvalue weighted by molar-refractivity contribution is 9.10. The Hall–Kier alpha value is -1.20. The number of nitrogens with two attached hydrogens (primary N) is 1. The molecule has 0 radical (unpaired) electrons. The molecular weight excluding hydrogens is 244 g/mol. The first-order valence-electron chi connectivity index (χ1n) is 4.16. The average molecular weight is 253 g/mol. The third-order valence-electron chi connectivity index (χ3n) is 1.89. The molecule has 5 heteroatoms. The molecule has 14 heavy (non-hydrogen) atoms. The molecule has 72 valence electrons. The predicted octanol–water partition coefficient (Wildman–Crippen LogP) is 1.49. The van der Waals surface area contributed by atoms with Gasteiger partial charge in [-0.25, -0.2) is 0 Å². The van der Waals surface area contributed by atoms with E-state index < -0.39 is 0 Å². The number of halogens is 1. The number of benzene rings is 1. The summed E-state index contributed by atoms with van der Waals surface area (Å²) in [6, 6.07) is 7.89. The van der Waals surface area contributed by atoms with Gasteiger partial charge < -0.3 is 5.73 Å². The van der Waals surface area contributed by atoms with Crippen molar-refractivity contribution in [3.63, 3.8) is 0 Å². The molecule has 1 aromatic carbocycles. The number of hydrogen-bond acceptors (Lipinski definition) is 3. The summed E-state index contributed by atoms with van der Waals surface area (Å²) >= 11 is 3.41. The Morgan fingerprint density at radius 3 is 3.00 bits per heavy atom. The molecular formula is C9H9BrN4. The predicted molar refractivity (Wildman–Crippen MR) is 57.0 cm³/mol. The quantitative estimate of drug-likeness (QED) is 0.882. The van der Waals surface area contributed by atoms with Crippen LogP contribution in [0.3, 0.4) is 0 Å². The maximum atomic E-state index is 5.54. The Morgan fingerprint density at radius 1 is 1.43 bits per heavy atom. The van der Waals surface area contributed by atoms with Gasteiger partial charge in [0.15, 0.2) is 5.82 Å². The maximum Gasteiger partial charge on any atom is 0.151 e. The molecule has 2 N–H and O–H groups in total. The van der Waals surface area contributed by atoms with Crippen molar-refractivity contribution in [1.82, 2.24) is 14.8 Å². The highest BCUT2D eigenvalue weighted by atomic mass is 79.9. The average Bonchev–Trinajstić information content (AvgIpc) is 2.65. The first-order valence-corrected chi connectivity index (χ1v) is 4.95. The van der Waals surface area contributed by atoms with E-state index in [1.165, 1.54) is 0 Å². The van der Waals surface area contributed by atoms with Gasteiger partial charge in [-0.2, -0.15) is 0 Å². The summed E-state index contributed by atoms with van der Waals surface area (Å²) in [7, 11) is 0. The van der Waals surface area contributed by atoms with E-state index in [1.54, 1.807) is 6.33 Å². The minimum absolute atomic E-state index is 0.381. The van der Waals surface area contributed by atoms with Crippen molar-refractivity contribution < 1.29 is 0 Å². The molecule has 0 fully saturated rings. The topological polar surface area (TPSA) is 56.7 Å². The van der Waals surface area contributed by atoms with E-state index in [0.717, 1.165) is 16.0 Å². The summed E-state index contributed by atoms with van der Waals surface area (Å²) in [5, 5.41) is 7.73. The summed E-state index contributed by atoms with van der Waals surface area (Å²) in [6.45, 7) is 0.381. The molecule has 4 nitrogen and oxygen atoms in total. The Balaban J connectivity index is 2.49. The van der Waals surface area contributed by atoms with Gasteiger partial charge >= 0.3 is 0 Å². The van der Waals surface area contributed by atoms with Gasteiger partial charge in [-0.05, 0) is 18.2 Å². The summed E-state index contributed by atoms with van der Waals surface area (Å²) < 4.78 is 2.89. The molecule has 2 rings (SSSR count). The zero-order valence-corrected chi connectivity index (χ0v) is 8.98. The first-order chi connectivity index (χ1) is 6.81. The lowest BCUT2D eigenvalue weighted by Crippen LogP contribution is -2.06. The first kappa shape index (κ1) is 9.36. The van der Waals surface area contributed by atoms with E-state index >= 15 is 0 Å². The summed E-state index contributed by atoms with van der Waals surface area (Å²) in [4.78, 5) is 0. The Bertz CT molecular complexity index is 438. The van der Waals surface area contributed by atoms with Crippen LogP contribution in [-0.4, -0.2) is 14.8 Å². The highest BCUT2D eigenvalue weighted by Gasteiger charge is 2.03. The van der Waals surface area contributed by atoms with Gasteiger partial charge in [-0.15, -0.1) is 10.2 Å². The normalized spacial score (nSPS) is 10.4. The molecule has 0 amide bonds. The maximum absolute atomic E-state index is 5.54. The lowest BCUT2D eigenvalue weighted by Gasteiger charge is -2.04. The van der Waals surface area contributed by atoms with E-state index in [4.69, 9.17) is 5.73 Å². The van der Waals surface area contributed by atoms with E-state index in [-0.39, 0.29) is 0 Å². The van der Waals surface area contributed by atoms with Crippen molar-refractivity contribution in [2.45, 2.75) is 6.54 Å². The largest absolute Gasteiger partial charge is 0.324 e. The van der Waals surface area contributed by atoms with Crippen molar-refractivity contribution in [3.05, 3.63) is 40.9 Å². The van der Waals surface area contributed by atoms with Crippen LogP contribution in [0.5, 0.6) is 0 Å². The van der Waals surface area contributed by atoms with Crippen LogP contribution >= 0.6 is 15.9 Å². The minimum atomic E-state index is 0.381. The second-order valence-electron chi connectivity index (χ2n) is 2.80. The third kappa shape index (κ3) is 1.69. The zero-order chi connectivity index (χ0) is 9.97. The van der Waals surface area contributed by atoms with Gasteiger partial charge in [0.2, 0.25) is 0 Å². The van der Waals surface area contributed by atoms with Gasteiger partial charge in [-0.3, -0.25) is 4.57 Å². The van der Waals surface area contributed by atoms with Gasteiger partial charge in [-0.1, -0.05) is 22.0 Å². The van der Waals surface area contributed by atoms with Crippen molar-refractivity contribution in [1.29, 1.82) is 0 Å². The van der Waals surface area contributed by atoms with Crippen LogP contribution < -0.4 is 5.73 Å².